The zero-order chi connectivity index (χ0) is 35.2. The van der Waals surface area contributed by atoms with E-state index < -0.39 is 23.0 Å². The summed E-state index contributed by atoms with van der Waals surface area (Å²) in [6, 6.07) is 15.7. The smallest absolute Gasteiger partial charge is 0.303 e. The average molecular weight is 678 g/mol. The fourth-order valence-corrected chi connectivity index (χ4v) is 7.20. The number of carboxylic acid groups (broad SMARTS) is 1. The summed E-state index contributed by atoms with van der Waals surface area (Å²) in [4.78, 5) is 27.6. The molecule has 0 saturated carbocycles. The average Bonchev–Trinajstić information content (AvgIpc) is 3.85. The summed E-state index contributed by atoms with van der Waals surface area (Å²) in [7, 11) is 1.96. The predicted molar refractivity (Wildman–Crippen MR) is 189 cm³/mol. The van der Waals surface area contributed by atoms with Crippen molar-refractivity contribution in [1.82, 2.24) is 24.5 Å². The van der Waals surface area contributed by atoms with E-state index in [0.29, 0.717) is 29.7 Å². The number of aromatic nitrogens is 5. The molecule has 1 atom stereocenters. The zero-order valence-electron chi connectivity index (χ0n) is 28.7. The van der Waals surface area contributed by atoms with Crippen molar-refractivity contribution in [2.75, 3.05) is 0 Å². The van der Waals surface area contributed by atoms with E-state index in [1.54, 1.807) is 18.5 Å². The number of hydrogen-bond donors (Lipinski definition) is 3. The van der Waals surface area contributed by atoms with Gasteiger partial charge in [-0.25, -0.2) is 18.7 Å². The van der Waals surface area contributed by atoms with E-state index in [1.165, 1.54) is 18.2 Å². The molecule has 0 fully saturated rings. The Kier molecular flexibility index (Phi) is 8.58. The zero-order valence-corrected chi connectivity index (χ0v) is 28.7. The first-order chi connectivity index (χ1) is 23.9. The normalized spacial score (nSPS) is 17.7. The van der Waals surface area contributed by atoms with E-state index in [0.717, 1.165) is 59.4 Å². The second kappa shape index (κ2) is 12.9. The predicted octanol–water partition coefficient (Wildman–Crippen LogP) is 9.13. The van der Waals surface area contributed by atoms with Crippen LogP contribution in [0, 0.1) is 11.6 Å². The van der Waals surface area contributed by atoms with Crippen molar-refractivity contribution in [3.63, 3.8) is 0 Å². The van der Waals surface area contributed by atoms with Crippen molar-refractivity contribution in [3.05, 3.63) is 119 Å². The molecule has 0 radical (unpaired) electrons. The fraction of sp³-hybridized carbons (Fsp3) is 0.325. The molecule has 1 unspecified atom stereocenters. The number of aryl methyl sites for hydroxylation is 2. The fourth-order valence-electron chi connectivity index (χ4n) is 7.20. The van der Waals surface area contributed by atoms with Gasteiger partial charge in [-0.05, 0) is 61.6 Å². The van der Waals surface area contributed by atoms with Crippen molar-refractivity contribution in [1.29, 1.82) is 0 Å². The Morgan fingerprint density at radius 3 is 2.68 bits per heavy atom. The van der Waals surface area contributed by atoms with Crippen LogP contribution in [0.3, 0.4) is 0 Å². The van der Waals surface area contributed by atoms with E-state index >= 15 is 8.78 Å². The van der Waals surface area contributed by atoms with Gasteiger partial charge in [0.2, 0.25) is 0 Å². The summed E-state index contributed by atoms with van der Waals surface area (Å²) in [5.41, 5.74) is 4.47. The Morgan fingerprint density at radius 2 is 1.86 bits per heavy atom. The summed E-state index contributed by atoms with van der Waals surface area (Å²) < 4.78 is 39.7. The maximum absolute atomic E-state index is 15.9. The van der Waals surface area contributed by atoms with E-state index in [4.69, 9.17) is 9.72 Å². The Bertz CT molecular complexity index is 2210. The molecule has 7 rings (SSSR count). The number of halogens is 2. The number of nitrogens with zero attached hydrogens (tertiary/aromatic N) is 3. The molecular weight excluding hydrogens is 636 g/mol. The number of H-pyrrole nitrogens is 2. The molecule has 1 aliphatic rings. The molecule has 6 aromatic rings. The lowest BCUT2D eigenvalue weighted by atomic mass is 9.74. The third-order valence-electron chi connectivity index (χ3n) is 10.4. The first-order valence-corrected chi connectivity index (χ1v) is 17.1. The monoisotopic (exact) mass is 677 g/mol. The number of carboxylic acids is 1. The van der Waals surface area contributed by atoms with Gasteiger partial charge >= 0.3 is 5.97 Å². The minimum Gasteiger partial charge on any atom is -0.481 e. The number of ether oxygens (including phenoxy) is 1. The molecule has 3 aromatic heterocycles. The third-order valence-corrected chi connectivity index (χ3v) is 10.4. The minimum absolute atomic E-state index is 0.0425. The molecule has 4 heterocycles. The first kappa shape index (κ1) is 33.3. The molecule has 0 spiro atoms. The van der Waals surface area contributed by atoms with Crippen LogP contribution in [0.4, 0.5) is 8.78 Å². The van der Waals surface area contributed by atoms with E-state index in [-0.39, 0.29) is 28.9 Å². The number of carbonyl (C=O) groups is 1. The van der Waals surface area contributed by atoms with Crippen LogP contribution in [-0.2, 0) is 35.5 Å². The van der Waals surface area contributed by atoms with Gasteiger partial charge in [0, 0.05) is 77.5 Å². The third kappa shape index (κ3) is 6.30. The van der Waals surface area contributed by atoms with Gasteiger partial charge in [0.1, 0.15) is 23.2 Å². The second-order valence-corrected chi connectivity index (χ2v) is 14.3. The number of hydrogen-bond acceptors (Lipinski definition) is 4. The van der Waals surface area contributed by atoms with E-state index in [9.17, 15) is 9.90 Å². The molecule has 1 aliphatic heterocycles. The highest BCUT2D eigenvalue weighted by atomic mass is 19.1. The topological polar surface area (TPSA) is 109 Å². The van der Waals surface area contributed by atoms with Gasteiger partial charge in [-0.3, -0.25) is 4.79 Å². The van der Waals surface area contributed by atoms with Crippen LogP contribution in [0.5, 0.6) is 11.5 Å². The Morgan fingerprint density at radius 1 is 1.04 bits per heavy atom. The molecule has 0 saturated heterocycles. The van der Waals surface area contributed by atoms with Crippen molar-refractivity contribution < 1.29 is 23.4 Å². The van der Waals surface area contributed by atoms with Crippen LogP contribution in [-0.4, -0.2) is 35.6 Å². The standard InChI is InChI=1S/C40H41F2N5O3/c1-39(2)15-5-6-16-40(3,25-9-7-8-24(18-25)10-13-36(48)49)33-22-44-38(46-33)29-19-26(11-12-30(29)41)50-37-28(20-35-45-34(39)23-47(35)4)27-14-17-43-32(27)21-31(37)42/h7-9,11-12,14,17-19,21-23,43H,5-6,10,13,15-16,20H2,1-4H3,(H,44,46)(H,48,49). The highest BCUT2D eigenvalue weighted by Crippen LogP contribution is 2.41. The SMILES string of the molecule is Cn1cc2nc1Cc1c(c(F)cc3[nH]ccc13)Oc1ccc(F)c(c1)-c1ncc([nH]1)C(C)(c1cccc(CCC(=O)O)c1)CCCCC2(C)C. The first-order valence-electron chi connectivity index (χ1n) is 17.1. The van der Waals surface area contributed by atoms with Crippen LogP contribution >= 0.6 is 0 Å². The Hall–Kier alpha value is -5.25. The van der Waals surface area contributed by atoms with Crippen LogP contribution in [0.15, 0.2) is 73.2 Å². The van der Waals surface area contributed by atoms with Gasteiger partial charge in [0.05, 0.1) is 11.3 Å². The van der Waals surface area contributed by atoms with Crippen LogP contribution < -0.4 is 4.74 Å². The Balaban J connectivity index is 1.36. The van der Waals surface area contributed by atoms with Crippen molar-refractivity contribution in [3.8, 4) is 22.9 Å². The van der Waals surface area contributed by atoms with Crippen LogP contribution in [0.1, 0.15) is 86.8 Å². The van der Waals surface area contributed by atoms with Crippen molar-refractivity contribution >= 4 is 16.9 Å². The molecule has 6 bridgehead atoms. The maximum Gasteiger partial charge on any atom is 0.303 e. The maximum atomic E-state index is 15.9. The molecular formula is C40H41F2N5O3. The highest BCUT2D eigenvalue weighted by Gasteiger charge is 2.33. The van der Waals surface area contributed by atoms with Gasteiger partial charge in [-0.2, -0.15) is 0 Å². The number of imidazole rings is 2. The number of aromatic amines is 2. The lowest BCUT2D eigenvalue weighted by molar-refractivity contribution is -0.136. The molecule has 3 aromatic carbocycles. The van der Waals surface area contributed by atoms with E-state index in [2.05, 4.69) is 54.1 Å². The Labute approximate surface area is 289 Å². The summed E-state index contributed by atoms with van der Waals surface area (Å²) in [6.45, 7) is 6.56. The van der Waals surface area contributed by atoms with Gasteiger partial charge in [-0.1, -0.05) is 51.0 Å². The summed E-state index contributed by atoms with van der Waals surface area (Å²) >= 11 is 0. The lowest BCUT2D eigenvalue weighted by Crippen LogP contribution is -2.25. The number of aliphatic carboxylic acids is 1. The van der Waals surface area contributed by atoms with Crippen molar-refractivity contribution in [2.24, 2.45) is 7.05 Å². The molecule has 8 nitrogen and oxygen atoms in total. The van der Waals surface area contributed by atoms with Gasteiger partial charge in [0.25, 0.3) is 0 Å². The van der Waals surface area contributed by atoms with Gasteiger partial charge in [0.15, 0.2) is 11.6 Å². The lowest BCUT2D eigenvalue weighted by Gasteiger charge is -2.31. The number of fused-ring (bicyclic) bond motifs is 10. The highest BCUT2D eigenvalue weighted by molar-refractivity contribution is 5.86. The van der Waals surface area contributed by atoms with E-state index in [1.807, 2.05) is 29.8 Å². The summed E-state index contributed by atoms with van der Waals surface area (Å²) in [5.74, 6) is -0.435. The molecule has 258 valence electrons. The quantitative estimate of drug-likeness (QED) is 0.173. The summed E-state index contributed by atoms with van der Waals surface area (Å²) in [5, 5.41) is 10.1. The molecule has 50 heavy (non-hydrogen) atoms. The number of nitrogens with one attached hydrogen (secondary N) is 2. The van der Waals surface area contributed by atoms with Crippen LogP contribution in [0.25, 0.3) is 22.3 Å². The molecule has 0 aliphatic carbocycles. The second-order valence-electron chi connectivity index (χ2n) is 14.3. The number of rotatable bonds is 4. The minimum atomic E-state index is -0.841. The molecule has 10 heteroatoms. The van der Waals surface area contributed by atoms with Gasteiger partial charge in [-0.15, -0.1) is 0 Å². The van der Waals surface area contributed by atoms with Gasteiger partial charge < -0.3 is 24.4 Å². The largest absolute Gasteiger partial charge is 0.481 e. The van der Waals surface area contributed by atoms with Crippen LogP contribution in [0.2, 0.25) is 0 Å². The number of benzene rings is 3. The molecule has 0 amide bonds. The van der Waals surface area contributed by atoms with Crippen molar-refractivity contribution in [2.45, 2.75) is 76.5 Å². The molecule has 3 N–H and O–H groups in total. The summed E-state index contributed by atoms with van der Waals surface area (Å²) in [6.07, 6.45) is 9.86.